The van der Waals surface area contributed by atoms with Crippen LogP contribution in [0.25, 0.3) is 0 Å². The molecule has 34 heavy (non-hydrogen) atoms. The molecule has 0 saturated carbocycles. The van der Waals surface area contributed by atoms with Gasteiger partial charge in [0.1, 0.15) is 5.82 Å². The van der Waals surface area contributed by atoms with Crippen molar-refractivity contribution < 1.29 is 32.9 Å². The van der Waals surface area contributed by atoms with Crippen molar-refractivity contribution in [2.24, 2.45) is 5.92 Å². The topological polar surface area (TPSA) is 86.3 Å². The number of carbonyl (C=O) groups is 2. The number of amides is 2. The molecule has 0 aliphatic carbocycles. The molecule has 2 amide bonds. The zero-order valence-corrected chi connectivity index (χ0v) is 19.9. The summed E-state index contributed by atoms with van der Waals surface area (Å²) in [6.45, 7) is 1.37. The number of likely N-dealkylation sites (tertiary alicyclic amines) is 1. The molecule has 0 unspecified atom stereocenters. The highest BCUT2D eigenvalue weighted by atomic mass is 19.1. The number of hydrogen-bond donors (Lipinski definition) is 1. The molecule has 0 aromatic heterocycles. The summed E-state index contributed by atoms with van der Waals surface area (Å²) in [6, 6.07) is 9.42. The Labute approximate surface area is 198 Å². The average Bonchev–Trinajstić information content (AvgIpc) is 3.31. The first-order chi connectivity index (χ1) is 16.4. The molecule has 3 rings (SSSR count). The molecule has 1 fully saturated rings. The van der Waals surface area contributed by atoms with E-state index in [4.69, 9.17) is 18.9 Å². The molecule has 9 heteroatoms. The summed E-state index contributed by atoms with van der Waals surface area (Å²) in [7, 11) is 6.15. The first-order valence-electron chi connectivity index (χ1n) is 11.1. The molecule has 1 saturated heterocycles. The van der Waals surface area contributed by atoms with Gasteiger partial charge in [0, 0.05) is 39.3 Å². The van der Waals surface area contributed by atoms with Crippen LogP contribution in [0, 0.1) is 11.7 Å². The van der Waals surface area contributed by atoms with E-state index in [9.17, 15) is 14.0 Å². The zero-order chi connectivity index (χ0) is 24.7. The summed E-state index contributed by atoms with van der Waals surface area (Å²) in [5.41, 5.74) is 0.739. The number of carbonyl (C=O) groups excluding carboxylic acids is 2. The highest BCUT2D eigenvalue weighted by Crippen LogP contribution is 2.43. The third kappa shape index (κ3) is 5.41. The summed E-state index contributed by atoms with van der Waals surface area (Å²) in [5, 5.41) is 2.93. The van der Waals surface area contributed by atoms with Gasteiger partial charge in [-0.05, 0) is 36.2 Å². The molecule has 0 bridgehead atoms. The third-order valence-electron chi connectivity index (χ3n) is 5.99. The lowest BCUT2D eigenvalue weighted by molar-refractivity contribution is -0.125. The summed E-state index contributed by atoms with van der Waals surface area (Å²) < 4.78 is 35.7. The number of ether oxygens (including phenoxy) is 4. The second kappa shape index (κ2) is 11.7. The van der Waals surface area contributed by atoms with Crippen LogP contribution in [-0.2, 0) is 9.53 Å². The second-order valence-corrected chi connectivity index (χ2v) is 8.00. The average molecular weight is 475 g/mol. The number of methoxy groups -OCH3 is 4. The molecule has 1 aliphatic heterocycles. The number of halogens is 1. The van der Waals surface area contributed by atoms with Crippen molar-refractivity contribution >= 4 is 11.8 Å². The highest BCUT2D eigenvalue weighted by Gasteiger charge is 2.41. The second-order valence-electron chi connectivity index (χ2n) is 8.00. The summed E-state index contributed by atoms with van der Waals surface area (Å²) in [5.74, 6) is -0.780. The van der Waals surface area contributed by atoms with Gasteiger partial charge in [-0.25, -0.2) is 4.39 Å². The number of nitrogens with one attached hydrogen (secondary N) is 1. The van der Waals surface area contributed by atoms with Gasteiger partial charge in [0.15, 0.2) is 11.5 Å². The van der Waals surface area contributed by atoms with Crippen molar-refractivity contribution in [3.05, 3.63) is 53.3 Å². The molecule has 2 atom stereocenters. The number of benzene rings is 2. The minimum absolute atomic E-state index is 0.0210. The SMILES string of the molecule is COCCCNC(=O)[C@H]1CN(C(=O)c2ccccc2F)C[C@@H]1c1cc(OC)c(OC)c(OC)c1. The number of hydrogen-bond acceptors (Lipinski definition) is 6. The van der Waals surface area contributed by atoms with Crippen molar-refractivity contribution in [2.75, 3.05) is 54.7 Å². The molecular formula is C25H31FN2O6. The summed E-state index contributed by atoms with van der Waals surface area (Å²) in [4.78, 5) is 27.8. The first kappa shape index (κ1) is 25.3. The fourth-order valence-electron chi connectivity index (χ4n) is 4.25. The Morgan fingerprint density at radius 2 is 1.71 bits per heavy atom. The normalized spacial score (nSPS) is 17.4. The van der Waals surface area contributed by atoms with Gasteiger partial charge >= 0.3 is 0 Å². The predicted molar refractivity (Wildman–Crippen MR) is 124 cm³/mol. The van der Waals surface area contributed by atoms with Gasteiger partial charge in [-0.3, -0.25) is 9.59 Å². The maximum absolute atomic E-state index is 14.3. The maximum atomic E-state index is 14.3. The van der Waals surface area contributed by atoms with Crippen LogP contribution in [0.3, 0.4) is 0 Å². The Bertz CT molecular complexity index is 990. The van der Waals surface area contributed by atoms with E-state index in [0.717, 1.165) is 5.56 Å². The molecule has 0 spiro atoms. The molecule has 1 heterocycles. The zero-order valence-electron chi connectivity index (χ0n) is 19.9. The van der Waals surface area contributed by atoms with Crippen LogP contribution >= 0.6 is 0 Å². The molecule has 8 nitrogen and oxygen atoms in total. The first-order valence-corrected chi connectivity index (χ1v) is 11.1. The van der Waals surface area contributed by atoms with E-state index >= 15 is 0 Å². The van der Waals surface area contributed by atoms with Crippen LogP contribution in [0.4, 0.5) is 4.39 Å². The molecule has 1 N–H and O–H groups in total. The number of rotatable bonds is 10. The Morgan fingerprint density at radius 3 is 2.29 bits per heavy atom. The molecule has 2 aromatic carbocycles. The maximum Gasteiger partial charge on any atom is 0.256 e. The summed E-state index contributed by atoms with van der Waals surface area (Å²) >= 11 is 0. The van der Waals surface area contributed by atoms with E-state index < -0.39 is 17.6 Å². The van der Waals surface area contributed by atoms with Crippen molar-refractivity contribution in [3.63, 3.8) is 0 Å². The lowest BCUT2D eigenvalue weighted by atomic mass is 9.88. The quantitative estimate of drug-likeness (QED) is 0.533. The van der Waals surface area contributed by atoms with Crippen molar-refractivity contribution in [3.8, 4) is 17.2 Å². The van der Waals surface area contributed by atoms with Crippen LogP contribution < -0.4 is 19.5 Å². The fraction of sp³-hybridized carbons (Fsp3) is 0.440. The minimum atomic E-state index is -0.593. The van der Waals surface area contributed by atoms with Crippen LogP contribution in [-0.4, -0.2) is 71.4 Å². The van der Waals surface area contributed by atoms with Crippen LogP contribution in [0.2, 0.25) is 0 Å². The Hall–Kier alpha value is -3.33. The van der Waals surface area contributed by atoms with Gasteiger partial charge in [0.25, 0.3) is 5.91 Å². The number of nitrogens with zero attached hydrogens (tertiary/aromatic N) is 1. The Kier molecular flexibility index (Phi) is 8.70. The van der Waals surface area contributed by atoms with Crippen molar-refractivity contribution in [2.45, 2.75) is 12.3 Å². The van der Waals surface area contributed by atoms with Crippen molar-refractivity contribution in [1.29, 1.82) is 0 Å². The van der Waals surface area contributed by atoms with Gasteiger partial charge < -0.3 is 29.2 Å². The van der Waals surface area contributed by atoms with Gasteiger partial charge in [0.2, 0.25) is 11.7 Å². The van der Waals surface area contributed by atoms with Crippen LogP contribution in [0.15, 0.2) is 36.4 Å². The van der Waals surface area contributed by atoms with E-state index in [1.807, 2.05) is 0 Å². The smallest absolute Gasteiger partial charge is 0.256 e. The van der Waals surface area contributed by atoms with E-state index in [2.05, 4.69) is 5.32 Å². The van der Waals surface area contributed by atoms with Crippen molar-refractivity contribution in [1.82, 2.24) is 10.2 Å². The van der Waals surface area contributed by atoms with Crippen LogP contribution in [0.1, 0.15) is 28.3 Å². The molecule has 0 radical (unpaired) electrons. The van der Waals surface area contributed by atoms with E-state index in [1.165, 1.54) is 44.4 Å². The minimum Gasteiger partial charge on any atom is -0.493 e. The Morgan fingerprint density at radius 1 is 1.03 bits per heavy atom. The predicted octanol–water partition coefficient (Wildman–Crippen LogP) is 2.86. The van der Waals surface area contributed by atoms with Crippen LogP contribution in [0.5, 0.6) is 17.2 Å². The molecule has 2 aromatic rings. The van der Waals surface area contributed by atoms with Gasteiger partial charge in [-0.15, -0.1) is 0 Å². The standard InChI is InChI=1S/C25H31FN2O6/c1-31-11-7-10-27-24(29)19-15-28(25(30)17-8-5-6-9-20(17)26)14-18(19)16-12-21(32-2)23(34-4)22(13-16)33-3/h5-6,8-9,12-13,18-19H,7,10-11,14-15H2,1-4H3,(H,27,29)/t18-,19+/m1/s1. The largest absolute Gasteiger partial charge is 0.493 e. The molecular weight excluding hydrogens is 443 g/mol. The third-order valence-corrected chi connectivity index (χ3v) is 5.99. The lowest BCUT2D eigenvalue weighted by Gasteiger charge is -2.21. The lowest BCUT2D eigenvalue weighted by Crippen LogP contribution is -2.36. The molecule has 1 aliphatic rings. The Balaban J connectivity index is 1.94. The highest BCUT2D eigenvalue weighted by molar-refractivity contribution is 5.95. The van der Waals surface area contributed by atoms with Gasteiger partial charge in [-0.2, -0.15) is 0 Å². The van der Waals surface area contributed by atoms with Gasteiger partial charge in [-0.1, -0.05) is 12.1 Å². The summed E-state index contributed by atoms with van der Waals surface area (Å²) in [6.07, 6.45) is 0.668. The van der Waals surface area contributed by atoms with E-state index in [1.54, 1.807) is 25.3 Å². The van der Waals surface area contributed by atoms with E-state index in [0.29, 0.717) is 36.8 Å². The van der Waals surface area contributed by atoms with Gasteiger partial charge in [0.05, 0.1) is 32.8 Å². The van der Waals surface area contributed by atoms with E-state index in [-0.39, 0.29) is 30.5 Å². The monoisotopic (exact) mass is 474 g/mol. The fourth-order valence-corrected chi connectivity index (χ4v) is 4.25. The molecule has 184 valence electrons.